The van der Waals surface area contributed by atoms with Crippen LogP contribution in [0.4, 0.5) is 0 Å². The van der Waals surface area contributed by atoms with Crippen LogP contribution in [0.1, 0.15) is 26.5 Å². The van der Waals surface area contributed by atoms with Gasteiger partial charge < -0.3 is 4.42 Å². The molecule has 0 radical (unpaired) electrons. The van der Waals surface area contributed by atoms with E-state index in [1.165, 1.54) is 18.5 Å². The summed E-state index contributed by atoms with van der Waals surface area (Å²) < 4.78 is 5.05. The molecule has 2 aromatic heterocycles. The Kier molecular flexibility index (Phi) is 4.35. The van der Waals surface area contributed by atoms with E-state index in [0.717, 1.165) is 5.56 Å². The molecule has 2 amide bonds. The highest BCUT2D eigenvalue weighted by atomic mass is 35.5. The van der Waals surface area contributed by atoms with Crippen LogP contribution in [0, 0.1) is 6.92 Å². The number of carbonyl (C=O) groups excluding carboxylic acids is 2. The second kappa shape index (κ2) is 6.59. The van der Waals surface area contributed by atoms with Crippen LogP contribution in [0.15, 0.2) is 47.2 Å². The molecule has 0 spiro atoms. The van der Waals surface area contributed by atoms with E-state index in [0.29, 0.717) is 27.6 Å². The highest BCUT2D eigenvalue weighted by Crippen LogP contribution is 2.22. The number of benzene rings is 1. The topological polar surface area (TPSA) is 100 Å². The van der Waals surface area contributed by atoms with E-state index < -0.39 is 11.8 Å². The Bertz CT molecular complexity index is 883. The quantitative estimate of drug-likeness (QED) is 0.636. The number of aromatic amines is 1. The smallest absolute Gasteiger partial charge is 0.273 e. The molecule has 2 heterocycles. The number of aromatic nitrogens is 2. The number of nitrogens with zero attached hydrogens (tertiary/aromatic N) is 1. The maximum atomic E-state index is 12.3. The van der Waals surface area contributed by atoms with Crippen LogP contribution < -0.4 is 10.9 Å². The summed E-state index contributed by atoms with van der Waals surface area (Å²) in [5.74, 6) is -0.499. The average molecular weight is 345 g/mol. The first-order chi connectivity index (χ1) is 11.6. The number of hydrogen-bond donors (Lipinski definition) is 3. The average Bonchev–Trinajstić information content (AvgIpc) is 3.22. The minimum atomic E-state index is -0.497. The molecule has 24 heavy (non-hydrogen) atoms. The highest BCUT2D eigenvalue weighted by Gasteiger charge is 2.17. The molecular weight excluding hydrogens is 332 g/mol. The Morgan fingerprint density at radius 3 is 2.38 bits per heavy atom. The Morgan fingerprint density at radius 2 is 1.75 bits per heavy atom. The molecule has 0 fully saturated rings. The largest absolute Gasteiger partial charge is 0.469 e. The van der Waals surface area contributed by atoms with Crippen LogP contribution in [0.2, 0.25) is 5.02 Å². The number of H-pyrrole nitrogens is 1. The van der Waals surface area contributed by atoms with E-state index in [4.69, 9.17) is 16.0 Å². The molecule has 0 atom stereocenters. The third kappa shape index (κ3) is 3.16. The van der Waals surface area contributed by atoms with Gasteiger partial charge in [-0.3, -0.25) is 25.5 Å². The SMILES string of the molecule is Cc1occc1C(=O)NNC(=O)c1cn[nH]c1-c1ccc(Cl)cc1. The van der Waals surface area contributed by atoms with Crippen molar-refractivity contribution in [1.82, 2.24) is 21.0 Å². The van der Waals surface area contributed by atoms with E-state index >= 15 is 0 Å². The summed E-state index contributed by atoms with van der Waals surface area (Å²) >= 11 is 5.86. The van der Waals surface area contributed by atoms with E-state index in [1.807, 2.05) is 0 Å². The maximum absolute atomic E-state index is 12.3. The molecule has 3 aromatic rings. The van der Waals surface area contributed by atoms with Gasteiger partial charge >= 0.3 is 0 Å². The number of aryl methyl sites for hydroxylation is 1. The molecule has 8 heteroatoms. The van der Waals surface area contributed by atoms with Crippen molar-refractivity contribution in [2.45, 2.75) is 6.92 Å². The molecule has 0 saturated heterocycles. The molecule has 1 aromatic carbocycles. The Balaban J connectivity index is 1.72. The van der Waals surface area contributed by atoms with Gasteiger partial charge in [0, 0.05) is 10.6 Å². The Morgan fingerprint density at radius 1 is 1.08 bits per heavy atom. The van der Waals surface area contributed by atoms with Crippen LogP contribution in [0.5, 0.6) is 0 Å². The fourth-order valence-electron chi connectivity index (χ4n) is 2.16. The molecule has 122 valence electrons. The zero-order valence-electron chi connectivity index (χ0n) is 12.6. The molecule has 0 bridgehead atoms. The van der Waals surface area contributed by atoms with Gasteiger partial charge in [0.15, 0.2) is 0 Å². The third-order valence-corrected chi connectivity index (χ3v) is 3.66. The Hall–Kier alpha value is -3.06. The number of rotatable bonds is 3. The first kappa shape index (κ1) is 15.8. The van der Waals surface area contributed by atoms with Gasteiger partial charge in [0.05, 0.1) is 29.3 Å². The van der Waals surface area contributed by atoms with Gasteiger partial charge in [-0.1, -0.05) is 23.7 Å². The van der Waals surface area contributed by atoms with Gasteiger partial charge in [0.25, 0.3) is 11.8 Å². The van der Waals surface area contributed by atoms with Crippen molar-refractivity contribution in [3.05, 3.63) is 64.7 Å². The molecule has 0 aliphatic carbocycles. The molecule has 0 saturated carbocycles. The summed E-state index contributed by atoms with van der Waals surface area (Å²) in [6.07, 6.45) is 2.79. The first-order valence-corrected chi connectivity index (χ1v) is 7.38. The summed E-state index contributed by atoms with van der Waals surface area (Å²) in [5.41, 5.74) is 6.61. The lowest BCUT2D eigenvalue weighted by atomic mass is 10.1. The predicted octanol–water partition coefficient (Wildman–Crippen LogP) is 2.71. The number of hydrazine groups is 1. The maximum Gasteiger partial charge on any atom is 0.273 e. The minimum absolute atomic E-state index is 0.293. The zero-order valence-corrected chi connectivity index (χ0v) is 13.3. The number of nitrogens with one attached hydrogen (secondary N) is 3. The van der Waals surface area contributed by atoms with E-state index in [1.54, 1.807) is 31.2 Å². The number of furan rings is 1. The van der Waals surface area contributed by atoms with Gasteiger partial charge in [-0.15, -0.1) is 0 Å². The van der Waals surface area contributed by atoms with Crippen molar-refractivity contribution < 1.29 is 14.0 Å². The zero-order chi connectivity index (χ0) is 17.1. The van der Waals surface area contributed by atoms with Gasteiger partial charge in [0.2, 0.25) is 0 Å². The summed E-state index contributed by atoms with van der Waals surface area (Å²) in [6, 6.07) is 8.47. The monoisotopic (exact) mass is 344 g/mol. The normalized spacial score (nSPS) is 10.4. The molecule has 3 N–H and O–H groups in total. The fourth-order valence-corrected chi connectivity index (χ4v) is 2.29. The van der Waals surface area contributed by atoms with Crippen LogP contribution in [-0.2, 0) is 0 Å². The van der Waals surface area contributed by atoms with Crippen LogP contribution in [0.3, 0.4) is 0 Å². The molecule has 0 unspecified atom stereocenters. The van der Waals surface area contributed by atoms with E-state index in [9.17, 15) is 9.59 Å². The number of hydrogen-bond acceptors (Lipinski definition) is 4. The molecular formula is C16H13ClN4O3. The van der Waals surface area contributed by atoms with Crippen molar-refractivity contribution in [3.8, 4) is 11.3 Å². The van der Waals surface area contributed by atoms with Crippen LogP contribution in [-0.4, -0.2) is 22.0 Å². The predicted molar refractivity (Wildman–Crippen MR) is 87.4 cm³/mol. The van der Waals surface area contributed by atoms with Crippen molar-refractivity contribution in [2.75, 3.05) is 0 Å². The van der Waals surface area contributed by atoms with Crippen LogP contribution in [0.25, 0.3) is 11.3 Å². The number of amides is 2. The Labute approximate surface area is 142 Å². The summed E-state index contributed by atoms with van der Waals surface area (Å²) in [5, 5.41) is 7.24. The lowest BCUT2D eigenvalue weighted by Gasteiger charge is -2.07. The first-order valence-electron chi connectivity index (χ1n) is 7.00. The molecule has 3 rings (SSSR count). The number of halogens is 1. The van der Waals surface area contributed by atoms with Gasteiger partial charge in [-0.25, -0.2) is 0 Å². The molecule has 0 aliphatic rings. The fraction of sp³-hybridized carbons (Fsp3) is 0.0625. The lowest BCUT2D eigenvalue weighted by molar-refractivity contribution is 0.0846. The molecule has 0 aliphatic heterocycles. The third-order valence-electron chi connectivity index (χ3n) is 3.41. The van der Waals surface area contributed by atoms with Crippen molar-refractivity contribution >= 4 is 23.4 Å². The second-order valence-electron chi connectivity index (χ2n) is 4.96. The lowest BCUT2D eigenvalue weighted by Crippen LogP contribution is -2.41. The minimum Gasteiger partial charge on any atom is -0.469 e. The summed E-state index contributed by atoms with van der Waals surface area (Å²) in [7, 11) is 0. The van der Waals surface area contributed by atoms with Gasteiger partial charge in [-0.2, -0.15) is 5.10 Å². The van der Waals surface area contributed by atoms with Crippen molar-refractivity contribution in [1.29, 1.82) is 0 Å². The summed E-state index contributed by atoms with van der Waals surface area (Å²) in [6.45, 7) is 1.66. The van der Waals surface area contributed by atoms with E-state index in [2.05, 4.69) is 21.0 Å². The van der Waals surface area contributed by atoms with Gasteiger partial charge in [0.1, 0.15) is 5.76 Å². The van der Waals surface area contributed by atoms with E-state index in [-0.39, 0.29) is 0 Å². The molecule has 7 nitrogen and oxygen atoms in total. The van der Waals surface area contributed by atoms with Crippen molar-refractivity contribution in [3.63, 3.8) is 0 Å². The second-order valence-corrected chi connectivity index (χ2v) is 5.40. The summed E-state index contributed by atoms with van der Waals surface area (Å²) in [4.78, 5) is 24.3. The number of carbonyl (C=O) groups is 2. The van der Waals surface area contributed by atoms with Gasteiger partial charge in [-0.05, 0) is 25.1 Å². The highest BCUT2D eigenvalue weighted by molar-refractivity contribution is 6.30. The van der Waals surface area contributed by atoms with Crippen molar-refractivity contribution in [2.24, 2.45) is 0 Å². The standard InChI is InChI=1S/C16H13ClN4O3/c1-9-12(6-7-24-9)15(22)20-21-16(23)13-8-18-19-14(13)10-2-4-11(17)5-3-10/h2-8H,1H3,(H,18,19)(H,20,22)(H,21,23). The van der Waals surface area contributed by atoms with Crippen LogP contribution >= 0.6 is 11.6 Å².